The Morgan fingerprint density at radius 2 is 1.94 bits per heavy atom. The third-order valence-corrected chi connectivity index (χ3v) is 4.65. The molecule has 0 heterocycles. The molecule has 3 heteroatoms. The molecule has 0 bridgehead atoms. The molecule has 0 saturated heterocycles. The van der Waals surface area contributed by atoms with Crippen molar-refractivity contribution < 1.29 is 0 Å². The second-order valence-corrected chi connectivity index (χ2v) is 5.80. The molecule has 0 spiro atoms. The smallest absolute Gasteiger partial charge is 0.0639 e. The topological polar surface area (TPSA) is 12.0 Å². The molecule has 0 aliphatic heterocycles. The average molecular weight is 272 g/mol. The van der Waals surface area contributed by atoms with Gasteiger partial charge in [0, 0.05) is 12.1 Å². The predicted octanol–water partition coefficient (Wildman–Crippen LogP) is 4.83. The minimum absolute atomic E-state index is 0.247. The van der Waals surface area contributed by atoms with Crippen LogP contribution in [0, 0.1) is 5.92 Å². The molecule has 0 aromatic heterocycles. The summed E-state index contributed by atoms with van der Waals surface area (Å²) in [6.07, 6.45) is 4.08. The zero-order chi connectivity index (χ0) is 12.4. The monoisotopic (exact) mass is 271 g/mol. The number of halogens is 2. The summed E-state index contributed by atoms with van der Waals surface area (Å²) in [5, 5.41) is 4.93. The van der Waals surface area contributed by atoms with Crippen molar-refractivity contribution in [3.05, 3.63) is 33.8 Å². The van der Waals surface area contributed by atoms with Crippen LogP contribution in [0.2, 0.25) is 10.0 Å². The molecular formula is C14H19Cl2N. The van der Waals surface area contributed by atoms with E-state index in [2.05, 4.69) is 19.2 Å². The van der Waals surface area contributed by atoms with E-state index in [1.54, 1.807) is 0 Å². The fraction of sp³-hybridized carbons (Fsp3) is 0.571. The van der Waals surface area contributed by atoms with Crippen LogP contribution in [0.3, 0.4) is 0 Å². The van der Waals surface area contributed by atoms with Crippen LogP contribution in [-0.2, 0) is 0 Å². The highest BCUT2D eigenvalue weighted by Crippen LogP contribution is 2.33. The molecule has 1 aliphatic carbocycles. The highest BCUT2D eigenvalue weighted by atomic mass is 35.5. The van der Waals surface area contributed by atoms with Crippen LogP contribution in [0.15, 0.2) is 18.2 Å². The first-order valence-electron chi connectivity index (χ1n) is 6.29. The van der Waals surface area contributed by atoms with Crippen LogP contribution in [0.4, 0.5) is 0 Å². The van der Waals surface area contributed by atoms with Gasteiger partial charge >= 0.3 is 0 Å². The van der Waals surface area contributed by atoms with Crippen molar-refractivity contribution in [1.82, 2.24) is 5.32 Å². The summed E-state index contributed by atoms with van der Waals surface area (Å²) < 4.78 is 0. The summed E-state index contributed by atoms with van der Waals surface area (Å²) >= 11 is 12.3. The van der Waals surface area contributed by atoms with Crippen molar-refractivity contribution in [2.24, 2.45) is 5.92 Å². The van der Waals surface area contributed by atoms with Gasteiger partial charge < -0.3 is 5.32 Å². The molecule has 1 aromatic carbocycles. The van der Waals surface area contributed by atoms with E-state index in [0.29, 0.717) is 16.1 Å². The minimum atomic E-state index is 0.247. The van der Waals surface area contributed by atoms with Gasteiger partial charge in [-0.15, -0.1) is 0 Å². The molecule has 1 N–H and O–H groups in total. The number of hydrogen-bond acceptors (Lipinski definition) is 1. The lowest BCUT2D eigenvalue weighted by Crippen LogP contribution is -2.38. The Kier molecular flexibility index (Phi) is 4.35. The van der Waals surface area contributed by atoms with Crippen LogP contribution in [0.25, 0.3) is 0 Å². The molecule has 1 saturated carbocycles. The summed E-state index contributed by atoms with van der Waals surface area (Å²) in [4.78, 5) is 0. The van der Waals surface area contributed by atoms with Crippen LogP contribution < -0.4 is 5.32 Å². The van der Waals surface area contributed by atoms with E-state index in [4.69, 9.17) is 23.2 Å². The lowest BCUT2D eigenvalue weighted by atomic mass is 9.80. The summed E-state index contributed by atoms with van der Waals surface area (Å²) in [7, 11) is 0. The molecule has 2 rings (SSSR count). The Hall–Kier alpha value is -0.240. The van der Waals surface area contributed by atoms with Gasteiger partial charge in [-0.05, 0) is 44.2 Å². The standard InChI is InChI=1S/C14H19Cl2N/c1-9(11-5-3-6-11)17-10(2)12-7-4-8-13(15)14(12)16/h4,7-11,17H,3,5-6H2,1-2H3. The molecule has 1 fully saturated rings. The van der Waals surface area contributed by atoms with Gasteiger partial charge in [0.05, 0.1) is 10.0 Å². The van der Waals surface area contributed by atoms with Gasteiger partial charge in [-0.25, -0.2) is 0 Å². The molecule has 17 heavy (non-hydrogen) atoms. The van der Waals surface area contributed by atoms with Gasteiger partial charge in [-0.2, -0.15) is 0 Å². The molecule has 0 amide bonds. The van der Waals surface area contributed by atoms with Crippen LogP contribution in [0.5, 0.6) is 0 Å². The summed E-state index contributed by atoms with van der Waals surface area (Å²) in [5.74, 6) is 0.829. The number of hydrogen-bond donors (Lipinski definition) is 1. The van der Waals surface area contributed by atoms with Crippen molar-refractivity contribution >= 4 is 23.2 Å². The maximum Gasteiger partial charge on any atom is 0.0639 e. The van der Waals surface area contributed by atoms with E-state index in [1.807, 2.05) is 18.2 Å². The zero-order valence-corrected chi connectivity index (χ0v) is 11.9. The van der Waals surface area contributed by atoms with Crippen molar-refractivity contribution in [2.75, 3.05) is 0 Å². The van der Waals surface area contributed by atoms with E-state index in [-0.39, 0.29) is 6.04 Å². The fourth-order valence-corrected chi connectivity index (χ4v) is 2.89. The van der Waals surface area contributed by atoms with Crippen molar-refractivity contribution in [3.8, 4) is 0 Å². The van der Waals surface area contributed by atoms with Crippen LogP contribution >= 0.6 is 23.2 Å². The highest BCUT2D eigenvalue weighted by molar-refractivity contribution is 6.42. The van der Waals surface area contributed by atoms with E-state index in [9.17, 15) is 0 Å². The van der Waals surface area contributed by atoms with E-state index >= 15 is 0 Å². The van der Waals surface area contributed by atoms with Gasteiger partial charge in [-0.1, -0.05) is 41.8 Å². The normalized spacial score (nSPS) is 19.8. The second kappa shape index (κ2) is 5.60. The molecule has 94 valence electrons. The highest BCUT2D eigenvalue weighted by Gasteiger charge is 2.25. The molecule has 1 aliphatic rings. The van der Waals surface area contributed by atoms with Crippen LogP contribution in [0.1, 0.15) is 44.7 Å². The average Bonchev–Trinajstić information content (AvgIpc) is 2.19. The molecule has 0 radical (unpaired) electrons. The fourth-order valence-electron chi connectivity index (χ4n) is 2.41. The lowest BCUT2D eigenvalue weighted by Gasteiger charge is -2.34. The maximum absolute atomic E-state index is 6.23. The molecular weight excluding hydrogens is 253 g/mol. The Morgan fingerprint density at radius 3 is 2.53 bits per heavy atom. The van der Waals surface area contributed by atoms with Crippen molar-refractivity contribution in [2.45, 2.75) is 45.2 Å². The first-order chi connectivity index (χ1) is 8.09. The Bertz CT molecular complexity index is 388. The van der Waals surface area contributed by atoms with Gasteiger partial charge in [-0.3, -0.25) is 0 Å². The van der Waals surface area contributed by atoms with Gasteiger partial charge in [0.25, 0.3) is 0 Å². The van der Waals surface area contributed by atoms with Gasteiger partial charge in [0.2, 0.25) is 0 Å². The van der Waals surface area contributed by atoms with Crippen molar-refractivity contribution in [1.29, 1.82) is 0 Å². The minimum Gasteiger partial charge on any atom is -0.307 e. The predicted molar refractivity (Wildman–Crippen MR) is 74.8 cm³/mol. The van der Waals surface area contributed by atoms with E-state index < -0.39 is 0 Å². The van der Waals surface area contributed by atoms with E-state index in [0.717, 1.165) is 11.5 Å². The second-order valence-electron chi connectivity index (χ2n) is 5.01. The Morgan fingerprint density at radius 1 is 1.24 bits per heavy atom. The Balaban J connectivity index is 2.03. The van der Waals surface area contributed by atoms with Crippen molar-refractivity contribution in [3.63, 3.8) is 0 Å². The molecule has 1 aromatic rings. The first kappa shape index (κ1) is 13.2. The van der Waals surface area contributed by atoms with Gasteiger partial charge in [0.1, 0.15) is 0 Å². The molecule has 2 unspecified atom stereocenters. The lowest BCUT2D eigenvalue weighted by molar-refractivity contribution is 0.230. The number of rotatable bonds is 4. The molecule has 2 atom stereocenters. The third-order valence-electron chi connectivity index (χ3n) is 3.82. The third kappa shape index (κ3) is 2.96. The molecule has 1 nitrogen and oxygen atoms in total. The summed E-state index contributed by atoms with van der Waals surface area (Å²) in [5.41, 5.74) is 1.09. The number of benzene rings is 1. The first-order valence-corrected chi connectivity index (χ1v) is 7.05. The quantitative estimate of drug-likeness (QED) is 0.827. The van der Waals surface area contributed by atoms with E-state index in [1.165, 1.54) is 19.3 Å². The Labute approximate surface area is 114 Å². The zero-order valence-electron chi connectivity index (χ0n) is 10.3. The SMILES string of the molecule is CC(NC(C)C1CCC1)c1cccc(Cl)c1Cl. The largest absolute Gasteiger partial charge is 0.307 e. The maximum atomic E-state index is 6.23. The van der Waals surface area contributed by atoms with Crippen LogP contribution in [-0.4, -0.2) is 6.04 Å². The summed E-state index contributed by atoms with van der Waals surface area (Å²) in [6.45, 7) is 4.41. The number of nitrogens with one attached hydrogen (secondary N) is 1. The summed E-state index contributed by atoms with van der Waals surface area (Å²) in [6, 6.07) is 6.62. The van der Waals surface area contributed by atoms with Gasteiger partial charge in [0.15, 0.2) is 0 Å².